The third-order valence-corrected chi connectivity index (χ3v) is 1.94. The smallest absolute Gasteiger partial charge is 0.355 e. The molecule has 1 aromatic heterocycles. The fourth-order valence-corrected chi connectivity index (χ4v) is 1.11. The molecule has 1 rings (SSSR count). The van der Waals surface area contributed by atoms with Crippen molar-refractivity contribution in [2.45, 2.75) is 0 Å². The Bertz CT molecular complexity index is 348. The first-order valence-corrected chi connectivity index (χ1v) is 4.64. The normalized spacial score (nSPS) is 9.57. The highest BCUT2D eigenvalue weighted by Gasteiger charge is 2.10. The molecular weight excluding hydrogens is 252 g/mol. The summed E-state index contributed by atoms with van der Waals surface area (Å²) in [7, 11) is 1.47. The van der Waals surface area contributed by atoms with Gasteiger partial charge in [-0.2, -0.15) is 0 Å². The van der Waals surface area contributed by atoms with E-state index >= 15 is 0 Å². The molecule has 1 heterocycles. The molecule has 0 radical (unpaired) electrons. The number of amides is 1. The second-order valence-electron chi connectivity index (χ2n) is 2.48. The van der Waals surface area contributed by atoms with Crippen LogP contribution < -0.4 is 5.32 Å². The largest absolute Gasteiger partial charge is 0.451 e. The van der Waals surface area contributed by atoms with Gasteiger partial charge in [-0.25, -0.2) is 4.79 Å². The van der Waals surface area contributed by atoms with Crippen LogP contribution >= 0.6 is 15.9 Å². The number of ether oxygens (including phenoxy) is 1. The summed E-state index contributed by atoms with van der Waals surface area (Å²) < 4.78 is 5.45. The molecule has 2 N–H and O–H groups in total. The zero-order valence-electron chi connectivity index (χ0n) is 7.46. The molecule has 0 fully saturated rings. The monoisotopic (exact) mass is 260 g/mol. The van der Waals surface area contributed by atoms with Crippen molar-refractivity contribution >= 4 is 27.8 Å². The van der Waals surface area contributed by atoms with E-state index in [9.17, 15) is 9.59 Å². The Labute approximate surface area is 89.0 Å². The van der Waals surface area contributed by atoms with E-state index in [0.717, 1.165) is 4.47 Å². The average Bonchev–Trinajstić information content (AvgIpc) is 2.60. The fraction of sp³-hybridized carbons (Fsp3) is 0.250. The van der Waals surface area contributed by atoms with Crippen LogP contribution in [0.2, 0.25) is 0 Å². The third kappa shape index (κ3) is 2.88. The topological polar surface area (TPSA) is 71.2 Å². The van der Waals surface area contributed by atoms with E-state index in [0.29, 0.717) is 5.69 Å². The van der Waals surface area contributed by atoms with E-state index in [-0.39, 0.29) is 12.5 Å². The van der Waals surface area contributed by atoms with Crippen LogP contribution in [0.25, 0.3) is 0 Å². The molecule has 0 bridgehead atoms. The quantitative estimate of drug-likeness (QED) is 0.786. The maximum absolute atomic E-state index is 11.2. The summed E-state index contributed by atoms with van der Waals surface area (Å²) in [5, 5.41) is 2.34. The van der Waals surface area contributed by atoms with Crippen LogP contribution in [0.1, 0.15) is 10.5 Å². The number of rotatable bonds is 3. The van der Waals surface area contributed by atoms with Gasteiger partial charge in [0.15, 0.2) is 6.61 Å². The van der Waals surface area contributed by atoms with Crippen LogP contribution in [0.5, 0.6) is 0 Å². The van der Waals surface area contributed by atoms with E-state index in [1.54, 1.807) is 12.3 Å². The zero-order valence-corrected chi connectivity index (χ0v) is 9.05. The van der Waals surface area contributed by atoms with Crippen molar-refractivity contribution in [2.24, 2.45) is 0 Å². The Morgan fingerprint density at radius 3 is 2.86 bits per heavy atom. The maximum atomic E-state index is 11.2. The number of halogens is 1. The Hall–Kier alpha value is -1.30. The molecule has 5 nitrogen and oxygen atoms in total. The lowest BCUT2D eigenvalue weighted by Crippen LogP contribution is -2.25. The molecule has 0 saturated carbocycles. The molecule has 0 aliphatic heterocycles. The van der Waals surface area contributed by atoms with Gasteiger partial charge < -0.3 is 15.0 Å². The average molecular weight is 261 g/mol. The van der Waals surface area contributed by atoms with Crippen LogP contribution in [0.4, 0.5) is 0 Å². The number of esters is 1. The third-order valence-electron chi connectivity index (χ3n) is 1.48. The van der Waals surface area contributed by atoms with Gasteiger partial charge in [0.1, 0.15) is 5.69 Å². The summed E-state index contributed by atoms with van der Waals surface area (Å²) in [6.07, 6.45) is 1.61. The molecule has 76 valence electrons. The van der Waals surface area contributed by atoms with Gasteiger partial charge in [-0.3, -0.25) is 4.79 Å². The highest BCUT2D eigenvalue weighted by Crippen LogP contribution is 2.11. The first-order chi connectivity index (χ1) is 6.63. The highest BCUT2D eigenvalue weighted by atomic mass is 79.9. The van der Waals surface area contributed by atoms with Crippen LogP contribution in [-0.2, 0) is 9.53 Å². The molecule has 14 heavy (non-hydrogen) atoms. The molecule has 0 atom stereocenters. The van der Waals surface area contributed by atoms with Crippen molar-refractivity contribution < 1.29 is 14.3 Å². The standard InChI is InChI=1S/C8H9BrN2O3/c1-10-7(12)4-14-8(13)6-2-5(9)3-11-6/h2-3,11H,4H2,1H3,(H,10,12). The van der Waals surface area contributed by atoms with Gasteiger partial charge in [0.25, 0.3) is 5.91 Å². The van der Waals surface area contributed by atoms with E-state index in [1.807, 2.05) is 0 Å². The Balaban J connectivity index is 2.47. The molecule has 0 unspecified atom stereocenters. The summed E-state index contributed by atoms with van der Waals surface area (Å²) in [5.41, 5.74) is 0.306. The Morgan fingerprint density at radius 2 is 2.36 bits per heavy atom. The number of carbonyl (C=O) groups is 2. The van der Waals surface area contributed by atoms with Crippen molar-refractivity contribution in [1.82, 2.24) is 10.3 Å². The summed E-state index contributed by atoms with van der Waals surface area (Å²) >= 11 is 3.18. The van der Waals surface area contributed by atoms with Crippen LogP contribution in [-0.4, -0.2) is 30.5 Å². The van der Waals surface area contributed by atoms with Crippen molar-refractivity contribution in [3.8, 4) is 0 Å². The van der Waals surface area contributed by atoms with Crippen molar-refractivity contribution in [2.75, 3.05) is 13.7 Å². The number of aromatic nitrogens is 1. The molecular formula is C8H9BrN2O3. The van der Waals surface area contributed by atoms with Crippen molar-refractivity contribution in [3.63, 3.8) is 0 Å². The summed E-state index contributed by atoms with van der Waals surface area (Å²) in [6, 6.07) is 1.58. The number of nitrogens with one attached hydrogen (secondary N) is 2. The fourth-order valence-electron chi connectivity index (χ4n) is 0.767. The van der Waals surface area contributed by atoms with Gasteiger partial charge in [0.2, 0.25) is 0 Å². The first-order valence-electron chi connectivity index (χ1n) is 3.85. The zero-order chi connectivity index (χ0) is 10.6. The number of likely N-dealkylation sites (N-methyl/N-ethyl adjacent to an activating group) is 1. The van der Waals surface area contributed by atoms with E-state index in [1.165, 1.54) is 7.05 Å². The van der Waals surface area contributed by atoms with Crippen molar-refractivity contribution in [3.05, 3.63) is 22.4 Å². The number of carbonyl (C=O) groups excluding carboxylic acids is 2. The SMILES string of the molecule is CNC(=O)COC(=O)c1cc(Br)c[nH]1. The summed E-state index contributed by atoms with van der Waals surface area (Å²) in [5.74, 6) is -0.900. The molecule has 0 saturated heterocycles. The van der Waals surface area contributed by atoms with Crippen molar-refractivity contribution in [1.29, 1.82) is 0 Å². The molecule has 1 aromatic rings. The molecule has 0 aromatic carbocycles. The minimum atomic E-state index is -0.556. The predicted molar refractivity (Wildman–Crippen MR) is 52.8 cm³/mol. The van der Waals surface area contributed by atoms with E-state index in [2.05, 4.69) is 26.2 Å². The highest BCUT2D eigenvalue weighted by molar-refractivity contribution is 9.10. The molecule has 0 aliphatic rings. The van der Waals surface area contributed by atoms with Crippen LogP contribution in [0.15, 0.2) is 16.7 Å². The molecule has 0 aliphatic carbocycles. The lowest BCUT2D eigenvalue weighted by Gasteiger charge is -2.01. The lowest BCUT2D eigenvalue weighted by molar-refractivity contribution is -0.123. The number of hydrogen-bond donors (Lipinski definition) is 2. The van der Waals surface area contributed by atoms with Gasteiger partial charge >= 0.3 is 5.97 Å². The number of aromatic amines is 1. The van der Waals surface area contributed by atoms with Crippen LogP contribution in [0, 0.1) is 0 Å². The molecule has 0 spiro atoms. The Morgan fingerprint density at radius 1 is 1.64 bits per heavy atom. The number of H-pyrrole nitrogens is 1. The van der Waals surface area contributed by atoms with Gasteiger partial charge in [0, 0.05) is 17.7 Å². The maximum Gasteiger partial charge on any atom is 0.355 e. The van der Waals surface area contributed by atoms with Gasteiger partial charge in [0.05, 0.1) is 0 Å². The van der Waals surface area contributed by atoms with E-state index < -0.39 is 5.97 Å². The number of hydrogen-bond acceptors (Lipinski definition) is 3. The van der Waals surface area contributed by atoms with Gasteiger partial charge in [-0.1, -0.05) is 0 Å². The molecule has 1 amide bonds. The minimum absolute atomic E-state index is 0.272. The summed E-state index contributed by atoms with van der Waals surface area (Å²) in [6.45, 7) is -0.272. The second-order valence-corrected chi connectivity index (χ2v) is 3.40. The second kappa shape index (κ2) is 4.80. The Kier molecular flexibility index (Phi) is 3.70. The van der Waals surface area contributed by atoms with Gasteiger partial charge in [-0.05, 0) is 22.0 Å². The summed E-state index contributed by atoms with van der Waals surface area (Å²) in [4.78, 5) is 24.7. The predicted octanol–water partition coefficient (Wildman–Crippen LogP) is 0.680. The van der Waals surface area contributed by atoms with Gasteiger partial charge in [-0.15, -0.1) is 0 Å². The molecule has 6 heteroatoms. The van der Waals surface area contributed by atoms with E-state index in [4.69, 9.17) is 4.74 Å². The lowest BCUT2D eigenvalue weighted by atomic mass is 10.4. The van der Waals surface area contributed by atoms with Crippen LogP contribution in [0.3, 0.4) is 0 Å². The first kappa shape index (κ1) is 10.8. The minimum Gasteiger partial charge on any atom is -0.451 e.